The van der Waals surface area contributed by atoms with E-state index in [4.69, 9.17) is 0 Å². The van der Waals surface area contributed by atoms with Crippen LogP contribution >= 0.6 is 0 Å². The van der Waals surface area contributed by atoms with Crippen molar-refractivity contribution in [3.8, 4) is 0 Å². The van der Waals surface area contributed by atoms with Gasteiger partial charge in [-0.25, -0.2) is 0 Å². The van der Waals surface area contributed by atoms with E-state index in [1.165, 1.54) is 0 Å². The first kappa shape index (κ1) is 16.0. The number of rotatable bonds is 3. The van der Waals surface area contributed by atoms with Gasteiger partial charge in [0.25, 0.3) is 0 Å². The van der Waals surface area contributed by atoms with Crippen LogP contribution in [0.5, 0.6) is 0 Å². The molecule has 1 aliphatic heterocycles. The van der Waals surface area contributed by atoms with Crippen molar-refractivity contribution in [1.29, 1.82) is 0 Å². The van der Waals surface area contributed by atoms with Crippen molar-refractivity contribution in [1.82, 2.24) is 15.1 Å². The molecule has 1 atom stereocenters. The molecule has 2 heterocycles. The van der Waals surface area contributed by atoms with Gasteiger partial charge in [-0.15, -0.1) is 0 Å². The summed E-state index contributed by atoms with van der Waals surface area (Å²) in [5, 5.41) is 9.61. The number of hydrogen-bond donors (Lipinski definition) is 2. The number of hydrogen-bond acceptors (Lipinski definition) is 4. The van der Waals surface area contributed by atoms with Crippen LogP contribution in [0, 0.1) is 6.92 Å². The minimum absolute atomic E-state index is 0.0414. The van der Waals surface area contributed by atoms with Crippen molar-refractivity contribution in [3.05, 3.63) is 42.2 Å². The molecule has 0 saturated carbocycles. The smallest absolute Gasteiger partial charge is 0.313 e. The van der Waals surface area contributed by atoms with Crippen LogP contribution in [-0.2, 0) is 16.6 Å². The molecule has 1 aromatic heterocycles. The van der Waals surface area contributed by atoms with E-state index in [0.717, 1.165) is 24.2 Å². The summed E-state index contributed by atoms with van der Waals surface area (Å²) in [6.07, 6.45) is 4.54. The summed E-state index contributed by atoms with van der Waals surface area (Å²) in [7, 11) is 1.87. The molecule has 0 radical (unpaired) electrons. The molecule has 0 unspecified atom stereocenters. The molecule has 1 fully saturated rings. The highest BCUT2D eigenvalue weighted by molar-refractivity contribution is 6.39. The summed E-state index contributed by atoms with van der Waals surface area (Å²) in [5.41, 5.74) is 2.60. The zero-order chi connectivity index (χ0) is 17.1. The van der Waals surface area contributed by atoms with Gasteiger partial charge in [0.05, 0.1) is 11.9 Å². The van der Waals surface area contributed by atoms with Crippen LogP contribution < -0.4 is 15.5 Å². The monoisotopic (exact) mass is 327 g/mol. The lowest BCUT2D eigenvalue weighted by Crippen LogP contribution is -2.43. The fourth-order valence-electron chi connectivity index (χ4n) is 2.83. The van der Waals surface area contributed by atoms with Crippen LogP contribution in [0.2, 0.25) is 0 Å². The van der Waals surface area contributed by atoms with Gasteiger partial charge in [0.2, 0.25) is 0 Å². The molecule has 0 aliphatic carbocycles. The number of aryl methyl sites for hydroxylation is 2. The molecule has 0 spiro atoms. The third kappa shape index (κ3) is 3.56. The standard InChI is InChI=1S/C17H21N5O2/c1-12-5-3-4-6-15(12)20-17(24)16(23)19-13-7-8-22(10-13)14-9-18-21(2)11-14/h3-6,9,11,13H,7-8,10H2,1-2H3,(H,19,23)(H,20,24)/t13-/m0/s1. The maximum absolute atomic E-state index is 12.1. The van der Waals surface area contributed by atoms with Crippen LogP contribution in [0.15, 0.2) is 36.7 Å². The average Bonchev–Trinajstić information content (AvgIpc) is 3.18. The maximum Gasteiger partial charge on any atom is 0.313 e. The zero-order valence-electron chi connectivity index (χ0n) is 13.8. The molecule has 2 N–H and O–H groups in total. The number of nitrogens with one attached hydrogen (secondary N) is 2. The van der Waals surface area contributed by atoms with Crippen molar-refractivity contribution in [2.45, 2.75) is 19.4 Å². The van der Waals surface area contributed by atoms with E-state index in [1.807, 2.05) is 38.4 Å². The second kappa shape index (κ2) is 6.74. The van der Waals surface area contributed by atoms with Crippen LogP contribution in [-0.4, -0.2) is 40.7 Å². The Morgan fingerprint density at radius 2 is 2.04 bits per heavy atom. The Bertz CT molecular complexity index is 755. The second-order valence-corrected chi connectivity index (χ2v) is 6.05. The predicted molar refractivity (Wildman–Crippen MR) is 91.8 cm³/mol. The van der Waals surface area contributed by atoms with Gasteiger partial charge in [0.1, 0.15) is 0 Å². The van der Waals surface area contributed by atoms with Crippen molar-refractivity contribution >= 4 is 23.2 Å². The fraction of sp³-hybridized carbons (Fsp3) is 0.353. The summed E-state index contributed by atoms with van der Waals surface area (Å²) in [4.78, 5) is 26.3. The maximum atomic E-state index is 12.1. The van der Waals surface area contributed by atoms with Crippen molar-refractivity contribution in [2.75, 3.05) is 23.3 Å². The molecular formula is C17H21N5O2. The molecule has 2 amide bonds. The van der Waals surface area contributed by atoms with Crippen LogP contribution in [0.25, 0.3) is 0 Å². The quantitative estimate of drug-likeness (QED) is 0.826. The Kier molecular flexibility index (Phi) is 4.50. The highest BCUT2D eigenvalue weighted by Crippen LogP contribution is 2.19. The minimum Gasteiger partial charge on any atom is -0.367 e. The van der Waals surface area contributed by atoms with Crippen LogP contribution in [0.3, 0.4) is 0 Å². The van der Waals surface area contributed by atoms with Crippen LogP contribution in [0.1, 0.15) is 12.0 Å². The molecule has 1 aromatic carbocycles. The molecule has 7 nitrogen and oxygen atoms in total. The van der Waals surface area contributed by atoms with Gasteiger partial charge in [0, 0.05) is 38.1 Å². The van der Waals surface area contributed by atoms with Crippen molar-refractivity contribution < 1.29 is 9.59 Å². The molecule has 0 bridgehead atoms. The first-order chi connectivity index (χ1) is 11.5. The largest absolute Gasteiger partial charge is 0.367 e. The van der Waals surface area contributed by atoms with E-state index >= 15 is 0 Å². The third-order valence-corrected chi connectivity index (χ3v) is 4.18. The van der Waals surface area contributed by atoms with Crippen molar-refractivity contribution in [3.63, 3.8) is 0 Å². The van der Waals surface area contributed by atoms with Crippen molar-refractivity contribution in [2.24, 2.45) is 7.05 Å². The molecule has 7 heteroatoms. The normalized spacial score (nSPS) is 16.9. The molecule has 24 heavy (non-hydrogen) atoms. The van der Waals surface area contributed by atoms with E-state index in [2.05, 4.69) is 20.6 Å². The molecule has 3 rings (SSSR count). The van der Waals surface area contributed by atoms with Gasteiger partial charge in [-0.3, -0.25) is 14.3 Å². The lowest BCUT2D eigenvalue weighted by atomic mass is 10.2. The summed E-state index contributed by atoms with van der Waals surface area (Å²) in [5.74, 6) is -1.24. The first-order valence-electron chi connectivity index (χ1n) is 7.94. The van der Waals surface area contributed by atoms with E-state index in [-0.39, 0.29) is 6.04 Å². The van der Waals surface area contributed by atoms with E-state index in [0.29, 0.717) is 12.2 Å². The number of nitrogens with zero attached hydrogens (tertiary/aromatic N) is 3. The highest BCUT2D eigenvalue weighted by atomic mass is 16.2. The minimum atomic E-state index is -0.635. The molecule has 126 valence electrons. The summed E-state index contributed by atoms with van der Waals surface area (Å²) in [6, 6.07) is 7.33. The van der Waals surface area contributed by atoms with Gasteiger partial charge >= 0.3 is 11.8 Å². The Hall–Kier alpha value is -2.83. The molecule has 1 aliphatic rings. The lowest BCUT2D eigenvalue weighted by molar-refractivity contribution is -0.136. The van der Waals surface area contributed by atoms with E-state index in [9.17, 15) is 9.59 Å². The van der Waals surface area contributed by atoms with Gasteiger partial charge in [0.15, 0.2) is 0 Å². The number of anilines is 2. The number of carbonyl (C=O) groups excluding carboxylic acids is 2. The molecule has 1 saturated heterocycles. The number of amides is 2. The Balaban J connectivity index is 1.53. The second-order valence-electron chi connectivity index (χ2n) is 6.05. The third-order valence-electron chi connectivity index (χ3n) is 4.18. The SMILES string of the molecule is Cc1ccccc1NC(=O)C(=O)N[C@H]1CCN(c2cnn(C)c2)C1. The lowest BCUT2D eigenvalue weighted by Gasteiger charge is -2.16. The molecular weight excluding hydrogens is 306 g/mol. The predicted octanol–water partition coefficient (Wildman–Crippen LogP) is 1.06. The topological polar surface area (TPSA) is 79.3 Å². The Labute approximate surface area is 140 Å². The summed E-state index contributed by atoms with van der Waals surface area (Å²) in [6.45, 7) is 3.39. The van der Waals surface area contributed by atoms with E-state index < -0.39 is 11.8 Å². The Morgan fingerprint density at radius 1 is 1.25 bits per heavy atom. The van der Waals surface area contributed by atoms with Gasteiger partial charge < -0.3 is 15.5 Å². The van der Waals surface area contributed by atoms with E-state index in [1.54, 1.807) is 16.9 Å². The Morgan fingerprint density at radius 3 is 2.75 bits per heavy atom. The number of para-hydroxylation sites is 1. The number of aromatic nitrogens is 2. The van der Waals surface area contributed by atoms with Crippen LogP contribution in [0.4, 0.5) is 11.4 Å². The first-order valence-corrected chi connectivity index (χ1v) is 7.94. The van der Waals surface area contributed by atoms with Gasteiger partial charge in [-0.05, 0) is 25.0 Å². The fourth-order valence-corrected chi connectivity index (χ4v) is 2.83. The summed E-state index contributed by atoms with van der Waals surface area (Å²) < 4.78 is 1.75. The number of carbonyl (C=O) groups is 2. The number of benzene rings is 1. The zero-order valence-corrected chi connectivity index (χ0v) is 13.8. The summed E-state index contributed by atoms with van der Waals surface area (Å²) >= 11 is 0. The van der Waals surface area contributed by atoms with Gasteiger partial charge in [-0.1, -0.05) is 18.2 Å². The average molecular weight is 327 g/mol. The highest BCUT2D eigenvalue weighted by Gasteiger charge is 2.27. The molecule has 2 aromatic rings. The van der Waals surface area contributed by atoms with Gasteiger partial charge in [-0.2, -0.15) is 5.10 Å².